The molecule has 0 saturated heterocycles. The fourth-order valence-electron chi connectivity index (χ4n) is 2.08. The monoisotopic (exact) mass is 329 g/mol. The van der Waals surface area contributed by atoms with E-state index in [4.69, 9.17) is 39.5 Å². The maximum absolute atomic E-state index is 6.17. The van der Waals surface area contributed by atoms with Crippen LogP contribution in [-0.2, 0) is 0 Å². The van der Waals surface area contributed by atoms with Crippen molar-refractivity contribution in [1.82, 2.24) is 5.32 Å². The molecule has 0 bridgehead atoms. The Morgan fingerprint density at radius 3 is 2.00 bits per heavy atom. The molecule has 0 spiro atoms. The summed E-state index contributed by atoms with van der Waals surface area (Å²) >= 11 is 18.2. The van der Waals surface area contributed by atoms with E-state index in [0.29, 0.717) is 20.8 Å². The van der Waals surface area contributed by atoms with E-state index < -0.39 is 0 Å². The molecule has 0 aliphatic rings. The van der Waals surface area contributed by atoms with Gasteiger partial charge in [-0.2, -0.15) is 0 Å². The SMILES string of the molecule is CNC(c1ccc(Cl)c(Cl)c1)c1ccc(OC)c(Cl)c1. The average molecular weight is 331 g/mol. The Hall–Kier alpha value is -0.930. The van der Waals surface area contributed by atoms with Crippen LogP contribution in [0.2, 0.25) is 15.1 Å². The molecule has 2 aromatic carbocycles. The zero-order valence-electron chi connectivity index (χ0n) is 11.1. The van der Waals surface area contributed by atoms with Crippen molar-refractivity contribution in [2.24, 2.45) is 0 Å². The van der Waals surface area contributed by atoms with E-state index in [0.717, 1.165) is 11.1 Å². The van der Waals surface area contributed by atoms with Crippen LogP contribution in [0.3, 0.4) is 0 Å². The second-order valence-corrected chi connectivity index (χ2v) is 5.51. The van der Waals surface area contributed by atoms with Crippen molar-refractivity contribution in [3.8, 4) is 5.75 Å². The van der Waals surface area contributed by atoms with Crippen LogP contribution in [-0.4, -0.2) is 14.2 Å². The Morgan fingerprint density at radius 1 is 0.900 bits per heavy atom. The fourth-order valence-corrected chi connectivity index (χ4v) is 2.65. The molecule has 0 amide bonds. The van der Waals surface area contributed by atoms with Gasteiger partial charge < -0.3 is 10.1 Å². The molecule has 0 aliphatic heterocycles. The van der Waals surface area contributed by atoms with Crippen molar-refractivity contribution < 1.29 is 4.74 Å². The number of methoxy groups -OCH3 is 1. The van der Waals surface area contributed by atoms with Crippen molar-refractivity contribution >= 4 is 34.8 Å². The Balaban J connectivity index is 2.41. The quantitative estimate of drug-likeness (QED) is 0.855. The molecular weight excluding hydrogens is 317 g/mol. The summed E-state index contributed by atoms with van der Waals surface area (Å²) in [6.45, 7) is 0. The van der Waals surface area contributed by atoms with E-state index >= 15 is 0 Å². The van der Waals surface area contributed by atoms with E-state index in [1.165, 1.54) is 0 Å². The first-order chi connectivity index (χ1) is 9.56. The Kier molecular flexibility index (Phi) is 5.17. The second-order valence-electron chi connectivity index (χ2n) is 4.29. The minimum Gasteiger partial charge on any atom is -0.495 e. The van der Waals surface area contributed by atoms with Gasteiger partial charge in [0, 0.05) is 0 Å². The summed E-state index contributed by atoms with van der Waals surface area (Å²) in [5.74, 6) is 0.652. The third-order valence-electron chi connectivity index (χ3n) is 3.07. The van der Waals surface area contributed by atoms with E-state index in [9.17, 15) is 0 Å². The highest BCUT2D eigenvalue weighted by molar-refractivity contribution is 6.42. The van der Waals surface area contributed by atoms with Crippen molar-refractivity contribution in [3.05, 3.63) is 62.6 Å². The molecule has 2 aromatic rings. The number of halogens is 3. The standard InChI is InChI=1S/C15H14Cl3NO/c1-19-15(9-3-5-11(16)12(17)7-9)10-4-6-14(20-2)13(18)8-10/h3-8,15,19H,1-2H3. The molecule has 1 atom stereocenters. The Labute approximate surface area is 133 Å². The lowest BCUT2D eigenvalue weighted by Gasteiger charge is -2.18. The third kappa shape index (κ3) is 3.21. The third-order valence-corrected chi connectivity index (χ3v) is 4.11. The van der Waals surface area contributed by atoms with Gasteiger partial charge in [-0.05, 0) is 42.4 Å². The molecule has 0 heterocycles. The van der Waals surface area contributed by atoms with Gasteiger partial charge in [0.2, 0.25) is 0 Å². The smallest absolute Gasteiger partial charge is 0.137 e. The van der Waals surface area contributed by atoms with Crippen LogP contribution in [0, 0.1) is 0 Å². The first kappa shape index (κ1) is 15.5. The van der Waals surface area contributed by atoms with Gasteiger partial charge in [-0.15, -0.1) is 0 Å². The van der Waals surface area contributed by atoms with Crippen LogP contribution < -0.4 is 10.1 Å². The molecular formula is C15H14Cl3NO. The minimum atomic E-state index is -0.0202. The highest BCUT2D eigenvalue weighted by atomic mass is 35.5. The zero-order valence-corrected chi connectivity index (χ0v) is 13.4. The highest BCUT2D eigenvalue weighted by Crippen LogP contribution is 2.32. The van der Waals surface area contributed by atoms with Crippen LogP contribution in [0.15, 0.2) is 36.4 Å². The van der Waals surface area contributed by atoms with Gasteiger partial charge in [0.05, 0.1) is 28.2 Å². The van der Waals surface area contributed by atoms with Crippen LogP contribution >= 0.6 is 34.8 Å². The summed E-state index contributed by atoms with van der Waals surface area (Å²) in [7, 11) is 3.47. The van der Waals surface area contributed by atoms with Crippen LogP contribution in [0.25, 0.3) is 0 Å². The first-order valence-corrected chi connectivity index (χ1v) is 7.16. The predicted octanol–water partition coefficient (Wildman–Crippen LogP) is 4.96. The van der Waals surface area contributed by atoms with E-state index in [2.05, 4.69) is 5.32 Å². The number of hydrogen-bond acceptors (Lipinski definition) is 2. The first-order valence-electron chi connectivity index (χ1n) is 6.02. The molecule has 0 saturated carbocycles. The summed E-state index contributed by atoms with van der Waals surface area (Å²) in [5.41, 5.74) is 2.04. The van der Waals surface area contributed by atoms with Crippen molar-refractivity contribution in [3.63, 3.8) is 0 Å². The predicted molar refractivity (Wildman–Crippen MR) is 85.4 cm³/mol. The number of nitrogens with one attached hydrogen (secondary N) is 1. The van der Waals surface area contributed by atoms with E-state index in [1.807, 2.05) is 37.4 Å². The largest absolute Gasteiger partial charge is 0.495 e. The van der Waals surface area contributed by atoms with Crippen molar-refractivity contribution in [2.75, 3.05) is 14.2 Å². The van der Waals surface area contributed by atoms with Gasteiger partial charge in [0.25, 0.3) is 0 Å². The maximum Gasteiger partial charge on any atom is 0.137 e. The molecule has 2 rings (SSSR count). The molecule has 0 radical (unpaired) electrons. The topological polar surface area (TPSA) is 21.3 Å². The van der Waals surface area contributed by atoms with Gasteiger partial charge in [-0.1, -0.05) is 46.9 Å². The van der Waals surface area contributed by atoms with Crippen molar-refractivity contribution in [1.29, 1.82) is 0 Å². The average Bonchev–Trinajstić information content (AvgIpc) is 2.44. The highest BCUT2D eigenvalue weighted by Gasteiger charge is 2.15. The molecule has 1 N–H and O–H groups in total. The van der Waals surface area contributed by atoms with Gasteiger partial charge in [0.1, 0.15) is 5.75 Å². The van der Waals surface area contributed by atoms with Crippen LogP contribution in [0.4, 0.5) is 0 Å². The van der Waals surface area contributed by atoms with E-state index in [1.54, 1.807) is 13.2 Å². The van der Waals surface area contributed by atoms with Crippen LogP contribution in [0.5, 0.6) is 5.75 Å². The molecule has 0 aliphatic carbocycles. The molecule has 0 aromatic heterocycles. The summed E-state index contributed by atoms with van der Waals surface area (Å²) in [5, 5.41) is 4.89. The number of benzene rings is 2. The zero-order chi connectivity index (χ0) is 14.7. The minimum absolute atomic E-state index is 0.0202. The summed E-state index contributed by atoms with van der Waals surface area (Å²) in [6, 6.07) is 11.2. The van der Waals surface area contributed by atoms with Crippen LogP contribution in [0.1, 0.15) is 17.2 Å². The van der Waals surface area contributed by atoms with Gasteiger partial charge in [-0.25, -0.2) is 0 Å². The van der Waals surface area contributed by atoms with E-state index in [-0.39, 0.29) is 6.04 Å². The Bertz CT molecular complexity index is 616. The maximum atomic E-state index is 6.17. The Morgan fingerprint density at radius 2 is 1.50 bits per heavy atom. The van der Waals surface area contributed by atoms with Gasteiger partial charge in [-0.3, -0.25) is 0 Å². The molecule has 20 heavy (non-hydrogen) atoms. The number of ether oxygens (including phenoxy) is 1. The molecule has 1 unspecified atom stereocenters. The second kappa shape index (κ2) is 6.68. The fraction of sp³-hybridized carbons (Fsp3) is 0.200. The normalized spacial score (nSPS) is 12.2. The number of rotatable bonds is 4. The van der Waals surface area contributed by atoms with Crippen molar-refractivity contribution in [2.45, 2.75) is 6.04 Å². The molecule has 2 nitrogen and oxygen atoms in total. The number of hydrogen-bond donors (Lipinski definition) is 1. The molecule has 5 heteroatoms. The van der Waals surface area contributed by atoms with Gasteiger partial charge >= 0.3 is 0 Å². The summed E-state index contributed by atoms with van der Waals surface area (Å²) < 4.78 is 5.16. The lowest BCUT2D eigenvalue weighted by molar-refractivity contribution is 0.414. The molecule has 106 valence electrons. The summed E-state index contributed by atoms with van der Waals surface area (Å²) in [4.78, 5) is 0. The summed E-state index contributed by atoms with van der Waals surface area (Å²) in [6.07, 6.45) is 0. The lowest BCUT2D eigenvalue weighted by Crippen LogP contribution is -2.17. The van der Waals surface area contributed by atoms with Gasteiger partial charge in [0.15, 0.2) is 0 Å². The molecule has 0 fully saturated rings. The lowest BCUT2D eigenvalue weighted by atomic mass is 9.99.